The average Bonchev–Trinajstić information content (AvgIpc) is 3.06. The zero-order valence-electron chi connectivity index (χ0n) is 12.6. The number of carbonyl (C=O) groups is 1. The van der Waals surface area contributed by atoms with Gasteiger partial charge in [0, 0.05) is 18.0 Å². The number of hydrogen-bond acceptors (Lipinski definition) is 5. The highest BCUT2D eigenvalue weighted by Gasteiger charge is 2.29. The van der Waals surface area contributed by atoms with Crippen LogP contribution in [0.25, 0.3) is 10.2 Å². The molecule has 4 rings (SSSR count). The summed E-state index contributed by atoms with van der Waals surface area (Å²) in [6, 6.07) is 0. The number of rotatable bonds is 2. The fourth-order valence-corrected chi connectivity index (χ4v) is 4.98. The van der Waals surface area contributed by atoms with E-state index in [2.05, 4.69) is 9.88 Å². The number of piperidine rings is 1. The van der Waals surface area contributed by atoms with Crippen LogP contribution in [0.15, 0.2) is 0 Å². The van der Waals surface area contributed by atoms with Crippen molar-refractivity contribution in [3.63, 3.8) is 0 Å². The van der Waals surface area contributed by atoms with Crippen molar-refractivity contribution in [2.75, 3.05) is 18.0 Å². The van der Waals surface area contributed by atoms with Crippen LogP contribution in [0, 0.1) is 12.8 Å². The molecule has 0 spiro atoms. The SMILES string of the molecule is Cc1nc(N2CCC[C@@H](C(=O)O)C2)c2c3c(sc2n1)CCC3. The Morgan fingerprint density at radius 3 is 3.00 bits per heavy atom. The lowest BCUT2D eigenvalue weighted by molar-refractivity contribution is -0.141. The summed E-state index contributed by atoms with van der Waals surface area (Å²) in [5.41, 5.74) is 1.41. The second kappa shape index (κ2) is 5.19. The highest BCUT2D eigenvalue weighted by atomic mass is 32.1. The van der Waals surface area contributed by atoms with E-state index < -0.39 is 5.97 Å². The first-order valence-corrected chi connectivity index (χ1v) is 8.72. The first kappa shape index (κ1) is 13.9. The van der Waals surface area contributed by atoms with Gasteiger partial charge >= 0.3 is 5.97 Å². The molecule has 1 aliphatic heterocycles. The quantitative estimate of drug-likeness (QED) is 0.922. The van der Waals surface area contributed by atoms with Gasteiger partial charge < -0.3 is 10.0 Å². The van der Waals surface area contributed by atoms with Gasteiger partial charge in [-0.1, -0.05) is 0 Å². The Hall–Kier alpha value is -1.69. The summed E-state index contributed by atoms with van der Waals surface area (Å²) in [6.07, 6.45) is 5.13. The standard InChI is InChI=1S/C16H19N3O2S/c1-9-17-14(19-7-3-4-10(8-19)16(20)21)13-11-5-2-6-12(11)22-15(13)18-9/h10H,2-8H2,1H3,(H,20,21)/t10-/m1/s1. The maximum Gasteiger partial charge on any atom is 0.308 e. The van der Waals surface area contributed by atoms with Crippen LogP contribution >= 0.6 is 11.3 Å². The number of thiophene rings is 1. The van der Waals surface area contributed by atoms with Crippen LogP contribution in [-0.4, -0.2) is 34.1 Å². The van der Waals surface area contributed by atoms with E-state index >= 15 is 0 Å². The van der Waals surface area contributed by atoms with E-state index in [0.717, 1.165) is 48.7 Å². The fraction of sp³-hybridized carbons (Fsp3) is 0.562. The molecule has 0 unspecified atom stereocenters. The van der Waals surface area contributed by atoms with E-state index in [-0.39, 0.29) is 5.92 Å². The molecule has 0 radical (unpaired) electrons. The summed E-state index contributed by atoms with van der Waals surface area (Å²) in [5.74, 6) is 0.765. The molecular formula is C16H19N3O2S. The van der Waals surface area contributed by atoms with Crippen molar-refractivity contribution < 1.29 is 9.90 Å². The summed E-state index contributed by atoms with van der Waals surface area (Å²) in [4.78, 5) is 25.3. The summed E-state index contributed by atoms with van der Waals surface area (Å²) >= 11 is 1.79. The smallest absolute Gasteiger partial charge is 0.308 e. The molecule has 0 saturated carbocycles. The molecule has 1 aliphatic carbocycles. The molecule has 1 fully saturated rings. The molecule has 0 bridgehead atoms. The Labute approximate surface area is 133 Å². The summed E-state index contributed by atoms with van der Waals surface area (Å²) in [7, 11) is 0. The zero-order chi connectivity index (χ0) is 15.3. The lowest BCUT2D eigenvalue weighted by Gasteiger charge is -2.32. The van der Waals surface area contributed by atoms with Gasteiger partial charge in [-0.05, 0) is 44.6 Å². The third-order valence-corrected chi connectivity index (χ3v) is 5.91. The van der Waals surface area contributed by atoms with Gasteiger partial charge in [0.15, 0.2) is 0 Å². The minimum Gasteiger partial charge on any atom is -0.481 e. The summed E-state index contributed by atoms with van der Waals surface area (Å²) in [6.45, 7) is 3.37. The van der Waals surface area contributed by atoms with Crippen LogP contribution < -0.4 is 4.90 Å². The highest BCUT2D eigenvalue weighted by molar-refractivity contribution is 7.19. The molecular weight excluding hydrogens is 298 g/mol. The summed E-state index contributed by atoms with van der Waals surface area (Å²) in [5, 5.41) is 10.5. The van der Waals surface area contributed by atoms with Crippen molar-refractivity contribution in [3.8, 4) is 0 Å². The predicted molar refractivity (Wildman–Crippen MR) is 86.7 cm³/mol. The van der Waals surface area contributed by atoms with Crippen LogP contribution in [0.2, 0.25) is 0 Å². The van der Waals surface area contributed by atoms with E-state index in [1.54, 1.807) is 11.3 Å². The predicted octanol–water partition coefficient (Wildman–Crippen LogP) is 2.79. The fourth-order valence-electron chi connectivity index (χ4n) is 3.68. The van der Waals surface area contributed by atoms with E-state index in [9.17, 15) is 9.90 Å². The third kappa shape index (κ3) is 2.17. The van der Waals surface area contributed by atoms with Gasteiger partial charge in [-0.2, -0.15) is 0 Å². The van der Waals surface area contributed by atoms with E-state index in [1.807, 2.05) is 6.92 Å². The van der Waals surface area contributed by atoms with Crippen LogP contribution in [0.1, 0.15) is 35.5 Å². The number of aromatic nitrogens is 2. The molecule has 116 valence electrons. The van der Waals surface area contributed by atoms with Gasteiger partial charge in [0.05, 0.1) is 11.3 Å². The second-order valence-corrected chi connectivity index (χ2v) is 7.34. The summed E-state index contributed by atoms with van der Waals surface area (Å²) < 4.78 is 0. The number of hydrogen-bond donors (Lipinski definition) is 1. The van der Waals surface area contributed by atoms with Crippen molar-refractivity contribution in [2.45, 2.75) is 39.0 Å². The molecule has 2 aromatic heterocycles. The van der Waals surface area contributed by atoms with Crippen molar-refractivity contribution in [1.29, 1.82) is 0 Å². The normalized spacial score (nSPS) is 21.3. The van der Waals surface area contributed by atoms with E-state index in [4.69, 9.17) is 4.98 Å². The maximum atomic E-state index is 11.3. The Kier molecular flexibility index (Phi) is 3.29. The Morgan fingerprint density at radius 1 is 1.32 bits per heavy atom. The topological polar surface area (TPSA) is 66.3 Å². The van der Waals surface area contributed by atoms with Crippen molar-refractivity contribution in [2.24, 2.45) is 5.92 Å². The van der Waals surface area contributed by atoms with Crippen LogP contribution in [0.3, 0.4) is 0 Å². The van der Waals surface area contributed by atoms with Gasteiger partial charge in [-0.3, -0.25) is 4.79 Å². The molecule has 2 aliphatic rings. The van der Waals surface area contributed by atoms with Gasteiger partial charge in [0.1, 0.15) is 16.5 Å². The first-order valence-electron chi connectivity index (χ1n) is 7.90. The van der Waals surface area contributed by atoms with Crippen LogP contribution in [0.5, 0.6) is 0 Å². The van der Waals surface area contributed by atoms with Crippen molar-refractivity contribution in [3.05, 3.63) is 16.3 Å². The molecule has 5 nitrogen and oxygen atoms in total. The molecule has 0 amide bonds. The van der Waals surface area contributed by atoms with Gasteiger partial charge in [0.2, 0.25) is 0 Å². The molecule has 2 aromatic rings. The van der Waals surface area contributed by atoms with E-state index in [1.165, 1.54) is 22.2 Å². The number of aliphatic carboxylic acids is 1. The molecule has 1 saturated heterocycles. The average molecular weight is 317 g/mol. The van der Waals surface area contributed by atoms with Crippen molar-refractivity contribution >= 4 is 33.3 Å². The highest BCUT2D eigenvalue weighted by Crippen LogP contribution is 2.41. The van der Waals surface area contributed by atoms with Crippen LogP contribution in [0.4, 0.5) is 5.82 Å². The molecule has 6 heteroatoms. The monoisotopic (exact) mass is 317 g/mol. The zero-order valence-corrected chi connectivity index (χ0v) is 13.4. The molecule has 3 heterocycles. The maximum absolute atomic E-state index is 11.3. The largest absolute Gasteiger partial charge is 0.481 e. The van der Waals surface area contributed by atoms with Gasteiger partial charge in [0.25, 0.3) is 0 Å². The minimum absolute atomic E-state index is 0.286. The number of nitrogens with zero attached hydrogens (tertiary/aromatic N) is 3. The minimum atomic E-state index is -0.692. The molecule has 22 heavy (non-hydrogen) atoms. The first-order chi connectivity index (χ1) is 10.6. The molecule has 1 atom stereocenters. The van der Waals surface area contributed by atoms with Crippen LogP contribution in [-0.2, 0) is 17.6 Å². The van der Waals surface area contributed by atoms with Gasteiger partial charge in [-0.15, -0.1) is 11.3 Å². The lowest BCUT2D eigenvalue weighted by Crippen LogP contribution is -2.39. The molecule has 1 N–H and O–H groups in total. The Bertz CT molecular complexity index is 755. The lowest BCUT2D eigenvalue weighted by atomic mass is 9.98. The van der Waals surface area contributed by atoms with Crippen molar-refractivity contribution in [1.82, 2.24) is 9.97 Å². The van der Waals surface area contributed by atoms with Gasteiger partial charge in [-0.25, -0.2) is 9.97 Å². The third-order valence-electron chi connectivity index (χ3n) is 4.73. The number of aryl methyl sites for hydroxylation is 3. The number of anilines is 1. The second-order valence-electron chi connectivity index (χ2n) is 6.26. The Balaban J connectivity index is 1.82. The number of carboxylic acid groups (broad SMARTS) is 1. The molecule has 0 aromatic carbocycles. The van der Waals surface area contributed by atoms with E-state index in [0.29, 0.717) is 6.54 Å². The number of fused-ring (bicyclic) bond motifs is 3. The number of carboxylic acids is 1. The Morgan fingerprint density at radius 2 is 2.18 bits per heavy atom.